The fourth-order valence-corrected chi connectivity index (χ4v) is 2.19. The summed E-state index contributed by atoms with van der Waals surface area (Å²) in [6.07, 6.45) is 0.0419. The van der Waals surface area contributed by atoms with Crippen LogP contribution < -0.4 is 0 Å². The van der Waals surface area contributed by atoms with Crippen molar-refractivity contribution >= 4 is 17.3 Å². The van der Waals surface area contributed by atoms with E-state index in [0.717, 1.165) is 4.88 Å². The Kier molecular flexibility index (Phi) is 3.81. The lowest BCUT2D eigenvalue weighted by atomic mass is 10.3. The van der Waals surface area contributed by atoms with Gasteiger partial charge < -0.3 is 9.15 Å². The van der Waals surface area contributed by atoms with Crippen LogP contribution in [0.5, 0.6) is 0 Å². The van der Waals surface area contributed by atoms with Gasteiger partial charge in [-0.15, -0.1) is 11.3 Å². The number of carbonyl (C=O) groups excluding carboxylic acids is 1. The number of carbonyl (C=O) groups is 1. The van der Waals surface area contributed by atoms with Crippen molar-refractivity contribution in [3.05, 3.63) is 29.0 Å². The van der Waals surface area contributed by atoms with Crippen molar-refractivity contribution in [1.82, 2.24) is 4.98 Å². The molecule has 0 N–H and O–H groups in total. The van der Waals surface area contributed by atoms with E-state index in [2.05, 4.69) is 4.98 Å². The molecule has 2 aromatic heterocycles. The van der Waals surface area contributed by atoms with Gasteiger partial charge in [-0.3, -0.25) is 4.79 Å². The van der Waals surface area contributed by atoms with Crippen LogP contribution in [0.25, 0.3) is 10.8 Å². The van der Waals surface area contributed by atoms with Gasteiger partial charge in [-0.1, -0.05) is 6.07 Å². The summed E-state index contributed by atoms with van der Waals surface area (Å²) >= 11 is 1.56. The van der Waals surface area contributed by atoms with E-state index < -0.39 is 0 Å². The van der Waals surface area contributed by atoms with Crippen LogP contribution in [0, 0.1) is 6.92 Å². The summed E-state index contributed by atoms with van der Waals surface area (Å²) in [5, 5.41) is 1.96. The number of esters is 1. The molecular weight excluding hydrogens is 250 g/mol. The lowest BCUT2D eigenvalue weighted by Crippen LogP contribution is -2.14. The highest BCUT2D eigenvalue weighted by molar-refractivity contribution is 7.13. The first-order chi connectivity index (χ1) is 8.56. The molecule has 0 aliphatic heterocycles. The predicted octanol–water partition coefficient (Wildman–Crippen LogP) is 3.21. The Bertz CT molecular complexity index is 528. The second-order valence-corrected chi connectivity index (χ2v) is 5.16. The zero-order chi connectivity index (χ0) is 13.1. The molecule has 2 heterocycles. The van der Waals surface area contributed by atoms with Gasteiger partial charge in [0, 0.05) is 0 Å². The minimum absolute atomic E-state index is 0.110. The number of hydrogen-bond acceptors (Lipinski definition) is 5. The average molecular weight is 265 g/mol. The SMILES string of the molecule is Cc1oc(-c2cccs2)nc1CC(=O)OC(C)C. The van der Waals surface area contributed by atoms with Gasteiger partial charge in [-0.2, -0.15) is 0 Å². The molecule has 4 nitrogen and oxygen atoms in total. The van der Waals surface area contributed by atoms with Crippen LogP contribution in [0.3, 0.4) is 0 Å². The van der Waals surface area contributed by atoms with Gasteiger partial charge in [-0.05, 0) is 32.2 Å². The number of thiophene rings is 1. The topological polar surface area (TPSA) is 52.3 Å². The Morgan fingerprint density at radius 2 is 2.33 bits per heavy atom. The molecule has 96 valence electrons. The highest BCUT2D eigenvalue weighted by Gasteiger charge is 2.16. The van der Waals surface area contributed by atoms with Crippen LogP contribution in [-0.4, -0.2) is 17.1 Å². The molecule has 0 fully saturated rings. The minimum Gasteiger partial charge on any atom is -0.463 e. The summed E-state index contributed by atoms with van der Waals surface area (Å²) in [4.78, 5) is 16.9. The Labute approximate surface area is 110 Å². The summed E-state index contributed by atoms with van der Waals surface area (Å²) in [5.74, 6) is 0.952. The molecule has 0 radical (unpaired) electrons. The van der Waals surface area contributed by atoms with E-state index in [1.165, 1.54) is 0 Å². The number of rotatable bonds is 4. The molecule has 0 aliphatic rings. The number of hydrogen-bond donors (Lipinski definition) is 0. The van der Waals surface area contributed by atoms with E-state index in [4.69, 9.17) is 9.15 Å². The van der Waals surface area contributed by atoms with Crippen molar-refractivity contribution in [3.63, 3.8) is 0 Å². The Balaban J connectivity index is 2.13. The van der Waals surface area contributed by atoms with Crippen molar-refractivity contribution < 1.29 is 13.9 Å². The van der Waals surface area contributed by atoms with Crippen LogP contribution in [0.15, 0.2) is 21.9 Å². The molecule has 5 heteroatoms. The van der Waals surface area contributed by atoms with Gasteiger partial charge >= 0.3 is 5.97 Å². The zero-order valence-electron chi connectivity index (χ0n) is 10.6. The molecule has 0 bridgehead atoms. The Morgan fingerprint density at radius 3 is 2.94 bits per heavy atom. The van der Waals surface area contributed by atoms with Crippen molar-refractivity contribution in [2.24, 2.45) is 0 Å². The average Bonchev–Trinajstić information content (AvgIpc) is 2.87. The number of nitrogens with zero attached hydrogens (tertiary/aromatic N) is 1. The van der Waals surface area contributed by atoms with E-state index in [1.807, 2.05) is 38.3 Å². The van der Waals surface area contributed by atoms with Crippen LogP contribution in [0.2, 0.25) is 0 Å². The molecule has 0 unspecified atom stereocenters. The van der Waals surface area contributed by atoms with Gasteiger partial charge in [0.1, 0.15) is 5.76 Å². The highest BCUT2D eigenvalue weighted by atomic mass is 32.1. The quantitative estimate of drug-likeness (QED) is 0.796. The third-order valence-corrected chi connectivity index (χ3v) is 3.16. The maximum absolute atomic E-state index is 11.6. The number of aromatic nitrogens is 1. The van der Waals surface area contributed by atoms with E-state index in [1.54, 1.807) is 11.3 Å². The summed E-state index contributed by atoms with van der Waals surface area (Å²) in [5.41, 5.74) is 0.643. The fraction of sp³-hybridized carbons (Fsp3) is 0.385. The molecular formula is C13H15NO3S. The second-order valence-electron chi connectivity index (χ2n) is 4.21. The maximum atomic E-state index is 11.6. The van der Waals surface area contributed by atoms with Crippen molar-refractivity contribution in [2.75, 3.05) is 0 Å². The second kappa shape index (κ2) is 5.35. The summed E-state index contributed by atoms with van der Waals surface area (Å²) < 4.78 is 10.6. The molecule has 0 saturated heterocycles. The lowest BCUT2D eigenvalue weighted by Gasteiger charge is -2.06. The molecule has 2 aromatic rings. The van der Waals surface area contributed by atoms with Crippen LogP contribution >= 0.6 is 11.3 Å². The minimum atomic E-state index is -0.279. The standard InChI is InChI=1S/C13H15NO3S/c1-8(2)16-12(15)7-10-9(3)17-13(14-10)11-5-4-6-18-11/h4-6,8H,7H2,1-3H3. The summed E-state index contributed by atoms with van der Waals surface area (Å²) in [7, 11) is 0. The van der Waals surface area contributed by atoms with Gasteiger partial charge in [0.2, 0.25) is 5.89 Å². The molecule has 18 heavy (non-hydrogen) atoms. The molecule has 0 aromatic carbocycles. The highest BCUT2D eigenvalue weighted by Crippen LogP contribution is 2.26. The van der Waals surface area contributed by atoms with Crippen molar-refractivity contribution in [1.29, 1.82) is 0 Å². The van der Waals surface area contributed by atoms with E-state index in [0.29, 0.717) is 17.3 Å². The smallest absolute Gasteiger partial charge is 0.312 e. The summed E-state index contributed by atoms with van der Waals surface area (Å²) in [6, 6.07) is 3.87. The third-order valence-electron chi connectivity index (χ3n) is 2.30. The first-order valence-corrected chi connectivity index (χ1v) is 6.64. The maximum Gasteiger partial charge on any atom is 0.312 e. The first-order valence-electron chi connectivity index (χ1n) is 5.76. The van der Waals surface area contributed by atoms with Crippen molar-refractivity contribution in [2.45, 2.75) is 33.3 Å². The number of aryl methyl sites for hydroxylation is 1. The molecule has 0 spiro atoms. The van der Waals surface area contributed by atoms with Gasteiger partial charge in [-0.25, -0.2) is 4.98 Å². The van der Waals surface area contributed by atoms with Crippen LogP contribution in [-0.2, 0) is 16.0 Å². The van der Waals surface area contributed by atoms with Crippen LogP contribution in [0.1, 0.15) is 25.3 Å². The first kappa shape index (κ1) is 12.8. The monoisotopic (exact) mass is 265 g/mol. The summed E-state index contributed by atoms with van der Waals surface area (Å²) in [6.45, 7) is 5.46. The van der Waals surface area contributed by atoms with E-state index >= 15 is 0 Å². The molecule has 2 rings (SSSR count). The lowest BCUT2D eigenvalue weighted by molar-refractivity contribution is -0.146. The zero-order valence-corrected chi connectivity index (χ0v) is 11.4. The van der Waals surface area contributed by atoms with E-state index in [-0.39, 0.29) is 18.5 Å². The van der Waals surface area contributed by atoms with Crippen LogP contribution in [0.4, 0.5) is 0 Å². The fourth-order valence-electron chi connectivity index (χ4n) is 1.54. The van der Waals surface area contributed by atoms with Gasteiger partial charge in [0.05, 0.1) is 23.1 Å². The normalized spacial score (nSPS) is 10.9. The Hall–Kier alpha value is -1.62. The third kappa shape index (κ3) is 2.98. The number of ether oxygens (including phenoxy) is 1. The molecule has 0 saturated carbocycles. The molecule has 0 aliphatic carbocycles. The molecule has 0 atom stereocenters. The Morgan fingerprint density at radius 1 is 1.56 bits per heavy atom. The number of oxazole rings is 1. The largest absolute Gasteiger partial charge is 0.463 e. The van der Waals surface area contributed by atoms with Gasteiger partial charge in [0.25, 0.3) is 0 Å². The van der Waals surface area contributed by atoms with Crippen molar-refractivity contribution in [3.8, 4) is 10.8 Å². The predicted molar refractivity (Wildman–Crippen MR) is 69.5 cm³/mol. The van der Waals surface area contributed by atoms with E-state index in [9.17, 15) is 4.79 Å². The van der Waals surface area contributed by atoms with Gasteiger partial charge in [0.15, 0.2) is 0 Å². The molecule has 0 amide bonds.